The maximum Gasteiger partial charge on any atom is 0.306 e. The van der Waals surface area contributed by atoms with Gasteiger partial charge in [0.2, 0.25) is 5.91 Å². The van der Waals surface area contributed by atoms with E-state index in [0.717, 1.165) is 57.8 Å². The van der Waals surface area contributed by atoms with Crippen LogP contribution >= 0.6 is 0 Å². The Kier molecular flexibility index (Phi) is 54.4. The van der Waals surface area contributed by atoms with Gasteiger partial charge in [0.1, 0.15) is 6.10 Å². The Labute approximate surface area is 419 Å². The van der Waals surface area contributed by atoms with Crippen molar-refractivity contribution in [2.24, 2.45) is 0 Å². The molecule has 0 bridgehead atoms. The van der Waals surface area contributed by atoms with Gasteiger partial charge in [-0.1, -0.05) is 290 Å². The van der Waals surface area contributed by atoms with E-state index in [9.17, 15) is 19.8 Å². The lowest BCUT2D eigenvalue weighted by atomic mass is 10.0. The SMILES string of the molecule is CCCCCCCC/C=C/CCCCCCCC(CC(=O)NC(CO)C(O)CCCCCCCCCCCCCCCCC)OC(=O)CCCCCCCCCCCCCCCCCCCC. The molecule has 3 unspecified atom stereocenters. The quantitative estimate of drug-likeness (QED) is 0.0321. The molecule has 0 aromatic heterocycles. The lowest BCUT2D eigenvalue weighted by Gasteiger charge is -2.24. The van der Waals surface area contributed by atoms with Crippen LogP contribution in [0.2, 0.25) is 0 Å². The summed E-state index contributed by atoms with van der Waals surface area (Å²) in [5.41, 5.74) is 0. The second kappa shape index (κ2) is 55.5. The predicted octanol–water partition coefficient (Wildman–Crippen LogP) is 18.9. The van der Waals surface area contributed by atoms with E-state index in [1.54, 1.807) is 0 Å². The standard InChI is InChI=1S/C61H119NO5/c1-4-7-10-13-16-19-22-25-28-29-30-33-36-39-42-45-48-51-54-61(66)67-57(52-49-46-43-40-37-34-31-26-23-20-17-14-11-8-5-2)55-60(65)62-58(56-63)59(64)53-50-47-44-41-38-35-32-27-24-21-18-15-12-9-6-3/h26,31,57-59,63-64H,4-25,27-30,32-56H2,1-3H3,(H,62,65)/b31-26+. The van der Waals surface area contributed by atoms with Crippen LogP contribution in [0.4, 0.5) is 0 Å². The van der Waals surface area contributed by atoms with Crippen molar-refractivity contribution in [1.82, 2.24) is 5.32 Å². The predicted molar refractivity (Wildman–Crippen MR) is 292 cm³/mol. The molecule has 0 heterocycles. The summed E-state index contributed by atoms with van der Waals surface area (Å²) in [5, 5.41) is 23.9. The molecule has 0 aromatic rings. The third-order valence-corrected chi connectivity index (χ3v) is 14.3. The largest absolute Gasteiger partial charge is 0.462 e. The Hall–Kier alpha value is -1.40. The molecule has 0 spiro atoms. The minimum absolute atomic E-state index is 0.0798. The zero-order chi connectivity index (χ0) is 48.8. The molecule has 6 heteroatoms. The average Bonchev–Trinajstić information content (AvgIpc) is 3.32. The molecule has 0 saturated heterocycles. The Morgan fingerprint density at radius 3 is 1.06 bits per heavy atom. The molecule has 0 fully saturated rings. The Morgan fingerprint density at radius 2 is 0.716 bits per heavy atom. The number of aliphatic hydroxyl groups excluding tert-OH is 2. The number of amides is 1. The third kappa shape index (κ3) is 50.8. The maximum atomic E-state index is 13.3. The van der Waals surface area contributed by atoms with Gasteiger partial charge in [-0.2, -0.15) is 0 Å². The molecule has 6 nitrogen and oxygen atoms in total. The molecule has 1 amide bonds. The lowest BCUT2D eigenvalue weighted by Crippen LogP contribution is -2.46. The number of nitrogens with one attached hydrogen (secondary N) is 1. The van der Waals surface area contributed by atoms with Crippen molar-refractivity contribution in [2.75, 3.05) is 6.61 Å². The first-order valence-electron chi connectivity index (χ1n) is 30.4. The van der Waals surface area contributed by atoms with Gasteiger partial charge in [-0.15, -0.1) is 0 Å². The summed E-state index contributed by atoms with van der Waals surface area (Å²) in [7, 11) is 0. The van der Waals surface area contributed by atoms with Gasteiger partial charge in [0, 0.05) is 6.42 Å². The fourth-order valence-electron chi connectivity index (χ4n) is 9.72. The Bertz CT molecular complexity index is 1020. The van der Waals surface area contributed by atoms with Crippen LogP contribution in [0.25, 0.3) is 0 Å². The molecule has 67 heavy (non-hydrogen) atoms. The zero-order valence-corrected chi connectivity index (χ0v) is 45.6. The third-order valence-electron chi connectivity index (χ3n) is 14.3. The minimum atomic E-state index is -0.785. The van der Waals surface area contributed by atoms with Crippen molar-refractivity contribution in [2.45, 2.75) is 360 Å². The van der Waals surface area contributed by atoms with Crippen molar-refractivity contribution in [3.8, 4) is 0 Å². The number of rotatable bonds is 56. The molecule has 3 N–H and O–H groups in total. The summed E-state index contributed by atoms with van der Waals surface area (Å²) in [6.07, 6.45) is 64.2. The molecule has 0 aliphatic rings. The summed E-state index contributed by atoms with van der Waals surface area (Å²) in [4.78, 5) is 26.3. The number of ether oxygens (including phenoxy) is 1. The summed E-state index contributed by atoms with van der Waals surface area (Å²) in [6.45, 7) is 6.53. The molecular formula is C61H119NO5. The first-order chi connectivity index (χ1) is 33.0. The normalized spacial score (nSPS) is 13.1. The molecule has 0 rings (SSSR count). The fourth-order valence-corrected chi connectivity index (χ4v) is 9.72. The van der Waals surface area contributed by atoms with Crippen LogP contribution in [-0.2, 0) is 14.3 Å². The molecule has 0 aliphatic heterocycles. The monoisotopic (exact) mass is 946 g/mol. The Morgan fingerprint density at radius 1 is 0.418 bits per heavy atom. The second-order valence-corrected chi connectivity index (χ2v) is 21.1. The second-order valence-electron chi connectivity index (χ2n) is 21.1. The summed E-state index contributed by atoms with van der Waals surface area (Å²) in [5.74, 6) is -0.456. The number of esters is 1. The number of carbonyl (C=O) groups is 2. The van der Waals surface area contributed by atoms with E-state index in [1.165, 1.54) is 238 Å². The molecule has 0 saturated carbocycles. The van der Waals surface area contributed by atoms with Crippen molar-refractivity contribution in [1.29, 1.82) is 0 Å². The van der Waals surface area contributed by atoms with Crippen molar-refractivity contribution >= 4 is 11.9 Å². The smallest absolute Gasteiger partial charge is 0.306 e. The first kappa shape index (κ1) is 65.6. The topological polar surface area (TPSA) is 95.9 Å². The number of aliphatic hydroxyl groups is 2. The van der Waals surface area contributed by atoms with Gasteiger partial charge in [0.15, 0.2) is 0 Å². The van der Waals surface area contributed by atoms with Crippen LogP contribution in [0.1, 0.15) is 342 Å². The number of carbonyl (C=O) groups excluding carboxylic acids is 2. The average molecular weight is 947 g/mol. The van der Waals surface area contributed by atoms with Gasteiger partial charge < -0.3 is 20.3 Å². The van der Waals surface area contributed by atoms with Crippen LogP contribution in [0.5, 0.6) is 0 Å². The van der Waals surface area contributed by atoms with Gasteiger partial charge >= 0.3 is 5.97 Å². The number of hydrogen-bond donors (Lipinski definition) is 3. The molecular weight excluding hydrogens is 827 g/mol. The van der Waals surface area contributed by atoms with Crippen molar-refractivity contribution in [3.05, 3.63) is 12.2 Å². The maximum absolute atomic E-state index is 13.3. The highest BCUT2D eigenvalue weighted by atomic mass is 16.5. The lowest BCUT2D eigenvalue weighted by molar-refractivity contribution is -0.151. The van der Waals surface area contributed by atoms with Crippen LogP contribution < -0.4 is 5.32 Å². The number of allylic oxidation sites excluding steroid dienone is 2. The van der Waals surface area contributed by atoms with Gasteiger partial charge in [0.25, 0.3) is 0 Å². The van der Waals surface area contributed by atoms with Gasteiger partial charge in [-0.25, -0.2) is 0 Å². The summed E-state index contributed by atoms with van der Waals surface area (Å²) >= 11 is 0. The van der Waals surface area contributed by atoms with E-state index < -0.39 is 18.2 Å². The van der Waals surface area contributed by atoms with E-state index in [4.69, 9.17) is 4.74 Å². The van der Waals surface area contributed by atoms with Crippen LogP contribution in [0, 0.1) is 0 Å². The molecule has 398 valence electrons. The van der Waals surface area contributed by atoms with E-state index >= 15 is 0 Å². The van der Waals surface area contributed by atoms with Crippen molar-refractivity contribution < 1.29 is 24.5 Å². The highest BCUT2D eigenvalue weighted by Gasteiger charge is 2.24. The first-order valence-corrected chi connectivity index (χ1v) is 30.4. The van der Waals surface area contributed by atoms with E-state index in [0.29, 0.717) is 19.3 Å². The number of unbranched alkanes of at least 4 members (excludes halogenated alkanes) is 42. The molecule has 0 radical (unpaired) electrons. The van der Waals surface area contributed by atoms with Gasteiger partial charge in [-0.3, -0.25) is 9.59 Å². The Balaban J connectivity index is 4.49. The molecule has 0 aromatic carbocycles. The molecule has 0 aliphatic carbocycles. The van der Waals surface area contributed by atoms with E-state index in [-0.39, 0.29) is 24.9 Å². The van der Waals surface area contributed by atoms with Crippen LogP contribution in [-0.4, -0.2) is 46.9 Å². The van der Waals surface area contributed by atoms with Crippen LogP contribution in [0.3, 0.4) is 0 Å². The van der Waals surface area contributed by atoms with E-state index in [2.05, 4.69) is 38.2 Å². The fraction of sp³-hybridized carbons (Fsp3) is 0.934. The highest BCUT2D eigenvalue weighted by Crippen LogP contribution is 2.19. The highest BCUT2D eigenvalue weighted by molar-refractivity contribution is 5.77. The van der Waals surface area contributed by atoms with Gasteiger partial charge in [-0.05, 0) is 51.4 Å². The summed E-state index contributed by atoms with van der Waals surface area (Å²) < 4.78 is 5.98. The van der Waals surface area contributed by atoms with Crippen molar-refractivity contribution in [3.63, 3.8) is 0 Å². The molecule has 3 atom stereocenters. The van der Waals surface area contributed by atoms with Gasteiger partial charge in [0.05, 0.1) is 25.2 Å². The summed E-state index contributed by atoms with van der Waals surface area (Å²) in [6, 6.07) is -0.699. The zero-order valence-electron chi connectivity index (χ0n) is 45.6. The number of hydrogen-bond acceptors (Lipinski definition) is 5. The minimum Gasteiger partial charge on any atom is -0.462 e. The van der Waals surface area contributed by atoms with E-state index in [1.807, 2.05) is 0 Å². The van der Waals surface area contributed by atoms with Crippen LogP contribution in [0.15, 0.2) is 12.2 Å².